The van der Waals surface area contributed by atoms with Crippen LogP contribution in [0.15, 0.2) is 18.2 Å². The maximum Gasteiger partial charge on any atom is 0.310 e. The van der Waals surface area contributed by atoms with Crippen LogP contribution >= 0.6 is 0 Å². The van der Waals surface area contributed by atoms with E-state index >= 15 is 0 Å². The molecule has 1 aromatic carbocycles. The lowest BCUT2D eigenvalue weighted by Gasteiger charge is -2.24. The topological polar surface area (TPSA) is 55.8 Å². The predicted octanol–water partition coefficient (Wildman–Crippen LogP) is 1.72. The van der Waals surface area contributed by atoms with Crippen LogP contribution in [0.25, 0.3) is 0 Å². The minimum atomic E-state index is -0.813. The van der Waals surface area contributed by atoms with Crippen molar-refractivity contribution in [1.29, 1.82) is 0 Å². The lowest BCUT2D eigenvalue weighted by molar-refractivity contribution is -0.143. The molecule has 0 saturated carbocycles. The number of hydrogen-bond acceptors (Lipinski definition) is 3. The Morgan fingerprint density at radius 3 is 3.12 bits per heavy atom. The van der Waals surface area contributed by atoms with E-state index in [1.807, 2.05) is 25.1 Å². The molecule has 1 heterocycles. The van der Waals surface area contributed by atoms with E-state index in [4.69, 9.17) is 14.6 Å². The molecule has 2 rings (SSSR count). The Bertz CT molecular complexity index is 400. The fraction of sp³-hybridized carbons (Fsp3) is 0.417. The van der Waals surface area contributed by atoms with Crippen molar-refractivity contribution in [3.05, 3.63) is 23.8 Å². The number of hydrogen-bond donors (Lipinski definition) is 1. The van der Waals surface area contributed by atoms with Crippen molar-refractivity contribution in [2.45, 2.75) is 13.3 Å². The SMILES string of the molecule is CCOc1cccc2c1OCC(C(=O)O)C2. The van der Waals surface area contributed by atoms with Crippen molar-refractivity contribution in [2.24, 2.45) is 5.92 Å². The third-order valence-corrected chi connectivity index (χ3v) is 2.60. The van der Waals surface area contributed by atoms with Gasteiger partial charge in [-0.1, -0.05) is 12.1 Å². The van der Waals surface area contributed by atoms with Crippen LogP contribution in [0.1, 0.15) is 12.5 Å². The number of para-hydroxylation sites is 1. The molecule has 1 unspecified atom stereocenters. The number of carboxylic acids is 1. The Labute approximate surface area is 93.8 Å². The van der Waals surface area contributed by atoms with Gasteiger partial charge in [-0.15, -0.1) is 0 Å². The summed E-state index contributed by atoms with van der Waals surface area (Å²) in [6, 6.07) is 5.58. The van der Waals surface area contributed by atoms with E-state index in [1.165, 1.54) is 0 Å². The van der Waals surface area contributed by atoms with Gasteiger partial charge >= 0.3 is 5.97 Å². The first-order valence-corrected chi connectivity index (χ1v) is 5.32. The average molecular weight is 222 g/mol. The Balaban J connectivity index is 2.26. The predicted molar refractivity (Wildman–Crippen MR) is 57.9 cm³/mol. The first-order valence-electron chi connectivity index (χ1n) is 5.32. The van der Waals surface area contributed by atoms with Crippen molar-refractivity contribution in [3.63, 3.8) is 0 Å². The Morgan fingerprint density at radius 1 is 1.62 bits per heavy atom. The first kappa shape index (κ1) is 10.8. The summed E-state index contributed by atoms with van der Waals surface area (Å²) in [7, 11) is 0. The number of benzene rings is 1. The molecule has 1 atom stereocenters. The molecular weight excluding hydrogens is 208 g/mol. The number of aliphatic carboxylic acids is 1. The molecular formula is C12H14O4. The summed E-state index contributed by atoms with van der Waals surface area (Å²) in [4.78, 5) is 10.9. The van der Waals surface area contributed by atoms with Crippen molar-refractivity contribution in [2.75, 3.05) is 13.2 Å². The van der Waals surface area contributed by atoms with Crippen molar-refractivity contribution >= 4 is 5.97 Å². The molecule has 0 aliphatic carbocycles. The molecule has 1 N–H and O–H groups in total. The van der Waals surface area contributed by atoms with Crippen LogP contribution in [0.3, 0.4) is 0 Å². The van der Waals surface area contributed by atoms with Gasteiger partial charge in [0.05, 0.1) is 12.5 Å². The molecule has 0 spiro atoms. The molecule has 1 aliphatic rings. The lowest BCUT2D eigenvalue weighted by atomic mass is 9.96. The Hall–Kier alpha value is -1.71. The number of ether oxygens (including phenoxy) is 2. The highest BCUT2D eigenvalue weighted by atomic mass is 16.5. The minimum absolute atomic E-state index is 0.215. The second kappa shape index (κ2) is 4.43. The van der Waals surface area contributed by atoms with Crippen molar-refractivity contribution < 1.29 is 19.4 Å². The summed E-state index contributed by atoms with van der Waals surface area (Å²) in [6.07, 6.45) is 0.506. The average Bonchev–Trinajstić information content (AvgIpc) is 2.29. The number of fused-ring (bicyclic) bond motifs is 1. The van der Waals surface area contributed by atoms with Crippen LogP contribution in [0.5, 0.6) is 11.5 Å². The monoisotopic (exact) mass is 222 g/mol. The summed E-state index contributed by atoms with van der Waals surface area (Å²) in [5, 5.41) is 8.93. The normalized spacial score (nSPS) is 18.4. The highest BCUT2D eigenvalue weighted by Crippen LogP contribution is 2.36. The zero-order chi connectivity index (χ0) is 11.5. The van der Waals surface area contributed by atoms with Crippen LogP contribution in [-0.2, 0) is 11.2 Å². The van der Waals surface area contributed by atoms with Gasteiger partial charge in [0.25, 0.3) is 0 Å². The third kappa shape index (κ3) is 1.96. The molecule has 0 bridgehead atoms. The van der Waals surface area contributed by atoms with E-state index in [-0.39, 0.29) is 6.61 Å². The standard InChI is InChI=1S/C12H14O4/c1-2-15-10-5-3-4-8-6-9(12(13)14)7-16-11(8)10/h3-5,9H,2,6-7H2,1H3,(H,13,14). The van der Waals surface area contributed by atoms with Gasteiger partial charge in [0.2, 0.25) is 0 Å². The van der Waals surface area contributed by atoms with Gasteiger partial charge < -0.3 is 14.6 Å². The molecule has 0 fully saturated rings. The van der Waals surface area contributed by atoms with Crippen molar-refractivity contribution in [3.8, 4) is 11.5 Å². The summed E-state index contributed by atoms with van der Waals surface area (Å²) in [5.74, 6) is 0.127. The van der Waals surface area contributed by atoms with Crippen LogP contribution in [-0.4, -0.2) is 24.3 Å². The molecule has 0 radical (unpaired) electrons. The van der Waals surface area contributed by atoms with Gasteiger partial charge in [-0.2, -0.15) is 0 Å². The van der Waals surface area contributed by atoms with E-state index in [1.54, 1.807) is 0 Å². The Kier molecular flexibility index (Phi) is 2.99. The largest absolute Gasteiger partial charge is 0.490 e. The van der Waals surface area contributed by atoms with Crippen molar-refractivity contribution in [1.82, 2.24) is 0 Å². The van der Waals surface area contributed by atoms with Gasteiger partial charge in [0.15, 0.2) is 11.5 Å². The van der Waals surface area contributed by atoms with Gasteiger partial charge in [0.1, 0.15) is 6.61 Å². The zero-order valence-electron chi connectivity index (χ0n) is 9.10. The fourth-order valence-corrected chi connectivity index (χ4v) is 1.82. The smallest absolute Gasteiger partial charge is 0.310 e. The molecule has 86 valence electrons. The summed E-state index contributed by atoms with van der Waals surface area (Å²) in [5.41, 5.74) is 0.907. The maximum atomic E-state index is 10.9. The molecule has 0 aromatic heterocycles. The number of carboxylic acid groups (broad SMARTS) is 1. The van der Waals surface area contributed by atoms with E-state index in [0.29, 0.717) is 24.5 Å². The zero-order valence-corrected chi connectivity index (χ0v) is 9.10. The number of rotatable bonds is 3. The molecule has 4 heteroatoms. The van der Waals surface area contributed by atoms with Crippen LogP contribution in [0, 0.1) is 5.92 Å². The second-order valence-electron chi connectivity index (χ2n) is 3.73. The summed E-state index contributed by atoms with van der Waals surface area (Å²) < 4.78 is 10.9. The summed E-state index contributed by atoms with van der Waals surface area (Å²) >= 11 is 0. The second-order valence-corrected chi connectivity index (χ2v) is 3.73. The van der Waals surface area contributed by atoms with E-state index < -0.39 is 11.9 Å². The first-order chi connectivity index (χ1) is 7.72. The van der Waals surface area contributed by atoms with E-state index in [9.17, 15) is 4.79 Å². The summed E-state index contributed by atoms with van der Waals surface area (Å²) in [6.45, 7) is 2.69. The van der Waals surface area contributed by atoms with Crippen LogP contribution in [0.2, 0.25) is 0 Å². The van der Waals surface area contributed by atoms with E-state index in [0.717, 1.165) is 5.56 Å². The van der Waals surface area contributed by atoms with Gasteiger partial charge in [-0.05, 0) is 25.0 Å². The van der Waals surface area contributed by atoms with Gasteiger partial charge in [-0.3, -0.25) is 4.79 Å². The highest BCUT2D eigenvalue weighted by molar-refractivity contribution is 5.71. The fourth-order valence-electron chi connectivity index (χ4n) is 1.82. The Morgan fingerprint density at radius 2 is 2.44 bits per heavy atom. The molecule has 1 aliphatic heterocycles. The molecule has 4 nitrogen and oxygen atoms in total. The van der Waals surface area contributed by atoms with Crippen LogP contribution in [0.4, 0.5) is 0 Å². The number of carbonyl (C=O) groups is 1. The van der Waals surface area contributed by atoms with Crippen LogP contribution < -0.4 is 9.47 Å². The molecule has 0 saturated heterocycles. The molecule has 16 heavy (non-hydrogen) atoms. The maximum absolute atomic E-state index is 10.9. The molecule has 0 amide bonds. The quantitative estimate of drug-likeness (QED) is 0.846. The van der Waals surface area contributed by atoms with Gasteiger partial charge in [0, 0.05) is 0 Å². The minimum Gasteiger partial charge on any atom is -0.490 e. The highest BCUT2D eigenvalue weighted by Gasteiger charge is 2.27. The lowest BCUT2D eigenvalue weighted by Crippen LogP contribution is -2.28. The van der Waals surface area contributed by atoms with E-state index in [2.05, 4.69) is 0 Å². The third-order valence-electron chi connectivity index (χ3n) is 2.60. The van der Waals surface area contributed by atoms with Gasteiger partial charge in [-0.25, -0.2) is 0 Å². The molecule has 1 aromatic rings.